The summed E-state index contributed by atoms with van der Waals surface area (Å²) in [6, 6.07) is 0. The van der Waals surface area contributed by atoms with Crippen LogP contribution in [0.1, 0.15) is 6.42 Å². The highest BCUT2D eigenvalue weighted by molar-refractivity contribution is 5.75. The van der Waals surface area contributed by atoms with E-state index in [4.69, 9.17) is 11.5 Å². The maximum absolute atomic E-state index is 10.5. The Morgan fingerprint density at radius 1 is 1.40 bits per heavy atom. The van der Waals surface area contributed by atoms with Gasteiger partial charge in [0.05, 0.1) is 7.11 Å². The molecule has 0 atom stereocenters. The minimum atomic E-state index is -0.669. The normalized spacial score (nSPS) is 9.40. The van der Waals surface area contributed by atoms with E-state index in [1.165, 1.54) is 7.11 Å². The van der Waals surface area contributed by atoms with E-state index in [9.17, 15) is 4.79 Å². The second kappa shape index (κ2) is 9.07. The standard InChI is InChI=1S/C8H18N4O3/c1-14-8(13)15-6-5-11-3-2-4-12-7(9)10/h11H,2-6H2,1H3,(H4,9,10,12). The predicted molar refractivity (Wildman–Crippen MR) is 56.5 cm³/mol. The quantitative estimate of drug-likeness (QED) is 0.219. The molecule has 0 spiro atoms. The molecule has 0 radical (unpaired) electrons. The number of methoxy groups -OCH3 is 1. The lowest BCUT2D eigenvalue weighted by Crippen LogP contribution is -2.25. The van der Waals surface area contributed by atoms with E-state index >= 15 is 0 Å². The smallest absolute Gasteiger partial charge is 0.438 e. The molecule has 0 aromatic rings. The molecule has 15 heavy (non-hydrogen) atoms. The van der Waals surface area contributed by atoms with Gasteiger partial charge in [0.15, 0.2) is 5.96 Å². The molecule has 5 N–H and O–H groups in total. The fourth-order valence-corrected chi connectivity index (χ4v) is 0.803. The highest BCUT2D eigenvalue weighted by atomic mass is 16.7. The Kier molecular flexibility index (Phi) is 8.16. The summed E-state index contributed by atoms with van der Waals surface area (Å²) in [5.74, 6) is 0.101. The molecule has 7 heteroatoms. The van der Waals surface area contributed by atoms with Gasteiger partial charge in [0, 0.05) is 13.1 Å². The summed E-state index contributed by atoms with van der Waals surface area (Å²) >= 11 is 0. The molecule has 0 amide bonds. The van der Waals surface area contributed by atoms with Crippen LogP contribution in [-0.4, -0.2) is 45.5 Å². The van der Waals surface area contributed by atoms with Gasteiger partial charge in [-0.15, -0.1) is 0 Å². The molecule has 0 unspecified atom stereocenters. The summed E-state index contributed by atoms with van der Waals surface area (Å²) in [6.07, 6.45) is 0.160. The van der Waals surface area contributed by atoms with Crippen molar-refractivity contribution >= 4 is 12.1 Å². The summed E-state index contributed by atoms with van der Waals surface area (Å²) in [5.41, 5.74) is 10.3. The number of carbonyl (C=O) groups excluding carboxylic acids is 1. The summed E-state index contributed by atoms with van der Waals surface area (Å²) in [6.45, 7) is 2.22. The topological polar surface area (TPSA) is 112 Å². The molecule has 0 rings (SSSR count). The van der Waals surface area contributed by atoms with Gasteiger partial charge in [0.25, 0.3) is 0 Å². The van der Waals surface area contributed by atoms with Crippen molar-refractivity contribution in [1.29, 1.82) is 0 Å². The molecular formula is C8H18N4O3. The minimum Gasteiger partial charge on any atom is -0.438 e. The number of aliphatic imine (C=N–C) groups is 1. The van der Waals surface area contributed by atoms with Crippen molar-refractivity contribution in [1.82, 2.24) is 5.32 Å². The van der Waals surface area contributed by atoms with Crippen molar-refractivity contribution in [2.24, 2.45) is 16.5 Å². The van der Waals surface area contributed by atoms with Gasteiger partial charge in [-0.1, -0.05) is 0 Å². The van der Waals surface area contributed by atoms with Crippen LogP contribution < -0.4 is 16.8 Å². The van der Waals surface area contributed by atoms with Gasteiger partial charge >= 0.3 is 6.16 Å². The van der Waals surface area contributed by atoms with Crippen LogP contribution in [0.25, 0.3) is 0 Å². The van der Waals surface area contributed by atoms with E-state index in [2.05, 4.69) is 19.8 Å². The number of rotatable bonds is 7. The summed E-state index contributed by atoms with van der Waals surface area (Å²) in [5, 5.41) is 3.05. The number of hydrogen-bond donors (Lipinski definition) is 3. The summed E-state index contributed by atoms with van der Waals surface area (Å²) < 4.78 is 8.93. The maximum atomic E-state index is 10.5. The highest BCUT2D eigenvalue weighted by Gasteiger charge is 1.97. The number of nitrogens with one attached hydrogen (secondary N) is 1. The number of carbonyl (C=O) groups is 1. The van der Waals surface area contributed by atoms with Crippen LogP contribution in [0, 0.1) is 0 Å². The molecule has 0 aliphatic heterocycles. The van der Waals surface area contributed by atoms with E-state index in [1.54, 1.807) is 0 Å². The number of ether oxygens (including phenoxy) is 2. The van der Waals surface area contributed by atoms with E-state index < -0.39 is 6.16 Å². The average Bonchev–Trinajstić information content (AvgIpc) is 2.21. The first kappa shape index (κ1) is 13.5. The second-order valence-corrected chi connectivity index (χ2v) is 2.71. The van der Waals surface area contributed by atoms with E-state index in [-0.39, 0.29) is 12.6 Å². The lowest BCUT2D eigenvalue weighted by molar-refractivity contribution is 0.0735. The maximum Gasteiger partial charge on any atom is 0.508 e. The van der Waals surface area contributed by atoms with E-state index in [0.29, 0.717) is 13.1 Å². The molecule has 0 aliphatic carbocycles. The van der Waals surface area contributed by atoms with Crippen LogP contribution in [0.15, 0.2) is 4.99 Å². The van der Waals surface area contributed by atoms with Gasteiger partial charge in [-0.2, -0.15) is 0 Å². The Balaban J connectivity index is 3.12. The molecule has 0 aromatic carbocycles. The first-order chi connectivity index (χ1) is 7.16. The molecule has 0 bridgehead atoms. The van der Waals surface area contributed by atoms with Gasteiger partial charge in [-0.3, -0.25) is 4.99 Å². The zero-order chi connectivity index (χ0) is 11.5. The molecule has 0 saturated carbocycles. The van der Waals surface area contributed by atoms with Gasteiger partial charge in [0.1, 0.15) is 6.61 Å². The Bertz CT molecular complexity index is 204. The number of guanidine groups is 1. The highest BCUT2D eigenvalue weighted by Crippen LogP contribution is 1.81. The van der Waals surface area contributed by atoms with Crippen molar-refractivity contribution in [3.8, 4) is 0 Å². The molecule has 0 saturated heterocycles. The molecule has 0 fully saturated rings. The Labute approximate surface area is 88.8 Å². The summed E-state index contributed by atoms with van der Waals surface area (Å²) in [4.78, 5) is 14.3. The van der Waals surface area contributed by atoms with Gasteiger partial charge in [-0.05, 0) is 13.0 Å². The molecule has 0 aromatic heterocycles. The fraction of sp³-hybridized carbons (Fsp3) is 0.750. The molecule has 0 aliphatic rings. The zero-order valence-corrected chi connectivity index (χ0v) is 8.86. The third kappa shape index (κ3) is 10.4. The van der Waals surface area contributed by atoms with Crippen molar-refractivity contribution in [2.75, 3.05) is 33.4 Å². The van der Waals surface area contributed by atoms with Crippen molar-refractivity contribution in [3.63, 3.8) is 0 Å². The fourth-order valence-electron chi connectivity index (χ4n) is 0.803. The summed E-state index contributed by atoms with van der Waals surface area (Å²) in [7, 11) is 1.27. The third-order valence-electron chi connectivity index (χ3n) is 1.47. The lowest BCUT2D eigenvalue weighted by atomic mass is 10.4. The van der Waals surface area contributed by atoms with Crippen LogP contribution in [0.2, 0.25) is 0 Å². The van der Waals surface area contributed by atoms with Crippen LogP contribution >= 0.6 is 0 Å². The molecule has 0 heterocycles. The van der Waals surface area contributed by atoms with Gasteiger partial charge in [-0.25, -0.2) is 4.79 Å². The van der Waals surface area contributed by atoms with E-state index in [1.807, 2.05) is 0 Å². The van der Waals surface area contributed by atoms with Crippen LogP contribution in [0.5, 0.6) is 0 Å². The monoisotopic (exact) mass is 218 g/mol. The number of nitrogens with two attached hydrogens (primary N) is 2. The molecule has 7 nitrogen and oxygen atoms in total. The van der Waals surface area contributed by atoms with Crippen LogP contribution in [0.3, 0.4) is 0 Å². The molecular weight excluding hydrogens is 200 g/mol. The lowest BCUT2D eigenvalue weighted by Gasteiger charge is -2.04. The van der Waals surface area contributed by atoms with Crippen molar-refractivity contribution < 1.29 is 14.3 Å². The third-order valence-corrected chi connectivity index (χ3v) is 1.47. The van der Waals surface area contributed by atoms with Crippen molar-refractivity contribution in [3.05, 3.63) is 0 Å². The Morgan fingerprint density at radius 3 is 2.73 bits per heavy atom. The first-order valence-electron chi connectivity index (χ1n) is 4.63. The van der Waals surface area contributed by atoms with Gasteiger partial charge in [0.2, 0.25) is 0 Å². The van der Waals surface area contributed by atoms with Crippen molar-refractivity contribution in [2.45, 2.75) is 6.42 Å². The first-order valence-corrected chi connectivity index (χ1v) is 4.63. The minimum absolute atomic E-state index is 0.101. The Hall–Kier alpha value is -1.50. The zero-order valence-electron chi connectivity index (χ0n) is 8.86. The Morgan fingerprint density at radius 2 is 2.13 bits per heavy atom. The van der Waals surface area contributed by atoms with E-state index in [0.717, 1.165) is 13.0 Å². The molecule has 88 valence electrons. The second-order valence-electron chi connectivity index (χ2n) is 2.71. The average molecular weight is 218 g/mol. The number of nitrogens with zero attached hydrogens (tertiary/aromatic N) is 1. The van der Waals surface area contributed by atoms with Crippen LogP contribution in [-0.2, 0) is 9.47 Å². The largest absolute Gasteiger partial charge is 0.508 e. The van der Waals surface area contributed by atoms with Crippen LogP contribution in [0.4, 0.5) is 4.79 Å². The number of hydrogen-bond acceptors (Lipinski definition) is 5. The van der Waals surface area contributed by atoms with Gasteiger partial charge < -0.3 is 26.3 Å². The predicted octanol–water partition coefficient (Wildman–Crippen LogP) is -0.977. The SMILES string of the molecule is COC(=O)OCCNCCCN=C(N)N.